The maximum absolute atomic E-state index is 11.2. The van der Waals surface area contributed by atoms with Crippen LogP contribution < -0.4 is 14.6 Å². The molecule has 2 aromatic carbocycles. The molecule has 3 rings (SSSR count). The Morgan fingerprint density at radius 2 is 1.67 bits per heavy atom. The summed E-state index contributed by atoms with van der Waals surface area (Å²) in [5.41, 5.74) is 1.34. The van der Waals surface area contributed by atoms with Gasteiger partial charge in [-0.05, 0) is 54.6 Å². The minimum atomic E-state index is -2.65. The molecule has 0 amide bonds. The number of pyridine rings is 1. The molecule has 1 atom stereocenters. The largest absolute Gasteiger partial charge is 0.493 e. The minimum absolute atomic E-state index is 0.338. The molecule has 0 saturated carbocycles. The van der Waals surface area contributed by atoms with Crippen LogP contribution in [0.2, 0.25) is 0 Å². The van der Waals surface area contributed by atoms with Gasteiger partial charge in [-0.25, -0.2) is 4.74 Å². The molecule has 0 aliphatic carbocycles. The standard InChI is InChI=1S/C23H24BrN2O3P/c1-23(2,3)30(20-11-13-25-14-12-20,26-19-8-6-18(24)7-9-19)29-21-10-5-17(16-27)15-22(21)28-4/h5-16H,1-4H3/t30-/m0/s1. The number of hydrogen-bond acceptors (Lipinski definition) is 5. The van der Waals surface area contributed by atoms with Gasteiger partial charge in [0.05, 0.1) is 12.8 Å². The van der Waals surface area contributed by atoms with E-state index in [2.05, 4.69) is 41.7 Å². The molecule has 0 unspecified atom stereocenters. The number of hydrogen-bond donors (Lipinski definition) is 0. The number of halogens is 1. The Morgan fingerprint density at radius 3 is 2.23 bits per heavy atom. The zero-order chi connectivity index (χ0) is 21.8. The predicted octanol–water partition coefficient (Wildman–Crippen LogP) is 6.62. The van der Waals surface area contributed by atoms with Gasteiger partial charge < -0.3 is 9.26 Å². The van der Waals surface area contributed by atoms with E-state index in [1.165, 1.54) is 0 Å². The summed E-state index contributed by atoms with van der Waals surface area (Å²) in [6.45, 7) is 6.36. The first-order valence-corrected chi connectivity index (χ1v) is 11.9. The van der Waals surface area contributed by atoms with Gasteiger partial charge in [0, 0.05) is 32.9 Å². The molecular formula is C23H24BrN2O3P. The van der Waals surface area contributed by atoms with Crippen LogP contribution in [0.25, 0.3) is 0 Å². The lowest BCUT2D eigenvalue weighted by molar-refractivity contribution is 0.112. The van der Waals surface area contributed by atoms with E-state index in [-0.39, 0.29) is 5.16 Å². The molecule has 1 aromatic heterocycles. The number of rotatable bonds is 6. The quantitative estimate of drug-likeness (QED) is 0.290. The van der Waals surface area contributed by atoms with Crippen LogP contribution >= 0.6 is 23.2 Å². The van der Waals surface area contributed by atoms with Crippen molar-refractivity contribution in [2.75, 3.05) is 7.11 Å². The molecule has 0 fully saturated rings. The van der Waals surface area contributed by atoms with Crippen molar-refractivity contribution in [2.24, 2.45) is 4.74 Å². The smallest absolute Gasteiger partial charge is 0.173 e. The van der Waals surface area contributed by atoms with Crippen molar-refractivity contribution < 1.29 is 14.1 Å². The molecule has 0 aliphatic heterocycles. The highest BCUT2D eigenvalue weighted by Gasteiger charge is 2.39. The van der Waals surface area contributed by atoms with Crippen molar-refractivity contribution in [3.05, 3.63) is 77.0 Å². The Balaban J connectivity index is 2.29. The van der Waals surface area contributed by atoms with Gasteiger partial charge in [0.25, 0.3) is 0 Å². The molecule has 0 N–H and O–H groups in total. The van der Waals surface area contributed by atoms with Crippen LogP contribution in [0.1, 0.15) is 31.1 Å². The number of carbonyl (C=O) groups excluding carboxylic acids is 1. The van der Waals surface area contributed by atoms with E-state index >= 15 is 0 Å². The molecule has 1 heterocycles. The highest BCUT2D eigenvalue weighted by Crippen LogP contribution is 2.62. The van der Waals surface area contributed by atoms with Gasteiger partial charge in [-0.15, -0.1) is 0 Å². The molecule has 30 heavy (non-hydrogen) atoms. The van der Waals surface area contributed by atoms with Crippen LogP contribution in [0.4, 0.5) is 5.69 Å². The third kappa shape index (κ3) is 4.66. The lowest BCUT2D eigenvalue weighted by Crippen LogP contribution is -2.27. The second-order valence-electron chi connectivity index (χ2n) is 7.65. The molecular weight excluding hydrogens is 463 g/mol. The van der Waals surface area contributed by atoms with Crippen molar-refractivity contribution in [2.45, 2.75) is 25.9 Å². The fraction of sp³-hybridized carbons (Fsp3) is 0.217. The van der Waals surface area contributed by atoms with E-state index in [9.17, 15) is 4.79 Å². The van der Waals surface area contributed by atoms with Crippen molar-refractivity contribution >= 4 is 40.5 Å². The summed E-state index contributed by atoms with van der Waals surface area (Å²) in [6.07, 6.45) is 4.29. The van der Waals surface area contributed by atoms with Gasteiger partial charge in [-0.3, -0.25) is 9.78 Å². The summed E-state index contributed by atoms with van der Waals surface area (Å²) in [7, 11) is -1.09. The molecule has 5 nitrogen and oxygen atoms in total. The molecule has 156 valence electrons. The zero-order valence-corrected chi connectivity index (χ0v) is 19.9. The Kier molecular flexibility index (Phi) is 6.79. The summed E-state index contributed by atoms with van der Waals surface area (Å²) in [6, 6.07) is 16.9. The second-order valence-corrected chi connectivity index (χ2v) is 12.0. The Bertz CT molecular complexity index is 1080. The highest BCUT2D eigenvalue weighted by atomic mass is 79.9. The van der Waals surface area contributed by atoms with Crippen LogP contribution in [0.3, 0.4) is 0 Å². The molecule has 3 aromatic rings. The van der Waals surface area contributed by atoms with Crippen molar-refractivity contribution in [1.82, 2.24) is 4.98 Å². The predicted molar refractivity (Wildman–Crippen MR) is 126 cm³/mol. The number of methoxy groups -OCH3 is 1. The third-order valence-corrected chi connectivity index (χ3v) is 8.88. The van der Waals surface area contributed by atoms with Crippen LogP contribution in [0, 0.1) is 0 Å². The molecule has 0 bridgehead atoms. The van der Waals surface area contributed by atoms with Crippen molar-refractivity contribution in [1.29, 1.82) is 0 Å². The van der Waals surface area contributed by atoms with Crippen LogP contribution in [-0.2, 0) is 0 Å². The number of nitrogens with zero attached hydrogens (tertiary/aromatic N) is 2. The minimum Gasteiger partial charge on any atom is -0.493 e. The number of aromatic nitrogens is 1. The van der Waals surface area contributed by atoms with Crippen molar-refractivity contribution in [3.8, 4) is 11.5 Å². The van der Waals surface area contributed by atoms with E-state index in [1.54, 1.807) is 37.7 Å². The number of benzene rings is 2. The van der Waals surface area contributed by atoms with Crippen LogP contribution in [-0.4, -0.2) is 23.5 Å². The zero-order valence-electron chi connectivity index (χ0n) is 17.4. The SMILES string of the molecule is COc1cc(C=O)ccc1O[P@@](=Nc1ccc(Br)cc1)(c1ccncc1)C(C)(C)C. The lowest BCUT2D eigenvalue weighted by atomic mass is 10.2. The van der Waals surface area contributed by atoms with Gasteiger partial charge in [-0.2, -0.15) is 0 Å². The first-order chi connectivity index (χ1) is 14.3. The average Bonchev–Trinajstić information content (AvgIpc) is 2.74. The Morgan fingerprint density at radius 1 is 1.00 bits per heavy atom. The summed E-state index contributed by atoms with van der Waals surface area (Å²) >= 11 is 3.48. The third-order valence-electron chi connectivity index (χ3n) is 4.56. The highest BCUT2D eigenvalue weighted by molar-refractivity contribution is 9.10. The Hall–Kier alpha value is -2.43. The normalized spacial score (nSPS) is 13.2. The van der Waals surface area contributed by atoms with E-state index in [1.807, 2.05) is 36.4 Å². The van der Waals surface area contributed by atoms with Crippen LogP contribution in [0.5, 0.6) is 11.5 Å². The van der Waals surface area contributed by atoms with Gasteiger partial charge >= 0.3 is 0 Å². The van der Waals surface area contributed by atoms with E-state index < -0.39 is 7.28 Å². The monoisotopic (exact) mass is 486 g/mol. The topological polar surface area (TPSA) is 60.8 Å². The maximum Gasteiger partial charge on any atom is 0.173 e. The summed E-state index contributed by atoms with van der Waals surface area (Å²) in [4.78, 5) is 15.4. The average molecular weight is 487 g/mol. The first kappa shape index (κ1) is 22.3. The van der Waals surface area contributed by atoms with E-state index in [0.29, 0.717) is 17.1 Å². The number of carbonyl (C=O) groups is 1. The lowest BCUT2D eigenvalue weighted by Gasteiger charge is -2.37. The maximum atomic E-state index is 11.2. The number of ether oxygens (including phenoxy) is 1. The van der Waals surface area contributed by atoms with Gasteiger partial charge in [-0.1, -0.05) is 36.7 Å². The fourth-order valence-electron chi connectivity index (χ4n) is 3.00. The van der Waals surface area contributed by atoms with Gasteiger partial charge in [0.15, 0.2) is 18.8 Å². The summed E-state index contributed by atoms with van der Waals surface area (Å²) in [5.74, 6) is 1.04. The fourth-order valence-corrected chi connectivity index (χ4v) is 6.30. The van der Waals surface area contributed by atoms with Gasteiger partial charge in [0.2, 0.25) is 0 Å². The van der Waals surface area contributed by atoms with E-state index in [0.717, 1.165) is 21.8 Å². The molecule has 0 saturated heterocycles. The molecule has 7 heteroatoms. The molecule has 0 radical (unpaired) electrons. The second kappa shape index (κ2) is 9.15. The first-order valence-electron chi connectivity index (χ1n) is 9.40. The van der Waals surface area contributed by atoms with E-state index in [4.69, 9.17) is 14.0 Å². The molecule has 0 spiro atoms. The van der Waals surface area contributed by atoms with Crippen molar-refractivity contribution in [3.63, 3.8) is 0 Å². The van der Waals surface area contributed by atoms with Crippen LogP contribution in [0.15, 0.2) is 76.2 Å². The van der Waals surface area contributed by atoms with Gasteiger partial charge in [0.1, 0.15) is 6.29 Å². The number of aldehydes is 1. The summed E-state index contributed by atoms with van der Waals surface area (Å²) < 4.78 is 18.5. The molecule has 0 aliphatic rings. The Labute approximate surface area is 185 Å². The summed E-state index contributed by atoms with van der Waals surface area (Å²) in [5, 5.41) is 0.630.